The van der Waals surface area contributed by atoms with Crippen molar-refractivity contribution in [3.8, 4) is 11.5 Å². The van der Waals surface area contributed by atoms with Crippen LogP contribution in [0, 0.1) is 5.92 Å². The lowest BCUT2D eigenvalue weighted by Gasteiger charge is -2.56. The lowest BCUT2D eigenvalue weighted by atomic mass is 9.53. The molecule has 4 heteroatoms. The highest BCUT2D eigenvalue weighted by molar-refractivity contribution is 5.61. The fourth-order valence-corrected chi connectivity index (χ4v) is 5.87. The monoisotopic (exact) mass is 343 g/mol. The van der Waals surface area contributed by atoms with E-state index in [9.17, 15) is 5.11 Å². The van der Waals surface area contributed by atoms with Gasteiger partial charge >= 0.3 is 0 Å². The van der Waals surface area contributed by atoms with Gasteiger partial charge in [0.05, 0.1) is 18.1 Å². The summed E-state index contributed by atoms with van der Waals surface area (Å²) in [7, 11) is 1.70. The molecule has 1 aliphatic heterocycles. The minimum atomic E-state index is -0.746. The molecule has 0 spiro atoms. The molecule has 2 fully saturated rings. The van der Waals surface area contributed by atoms with Gasteiger partial charge in [0, 0.05) is 11.6 Å². The van der Waals surface area contributed by atoms with Crippen LogP contribution in [-0.2, 0) is 11.8 Å². The fourth-order valence-electron chi connectivity index (χ4n) is 5.87. The average Bonchev–Trinajstić information content (AvgIpc) is 2.87. The first-order valence-corrected chi connectivity index (χ1v) is 9.90. The second-order valence-corrected chi connectivity index (χ2v) is 8.72. The summed E-state index contributed by atoms with van der Waals surface area (Å²) in [4.78, 5) is 0. The quantitative estimate of drug-likeness (QED) is 0.883. The predicted molar refractivity (Wildman–Crippen MR) is 96.4 cm³/mol. The van der Waals surface area contributed by atoms with Gasteiger partial charge in [-0.05, 0) is 69.5 Å². The van der Waals surface area contributed by atoms with E-state index < -0.39 is 5.60 Å². The van der Waals surface area contributed by atoms with E-state index in [0.29, 0.717) is 0 Å². The maximum Gasteiger partial charge on any atom is 0.165 e. The molecule has 136 valence electrons. The van der Waals surface area contributed by atoms with Crippen LogP contribution in [0.25, 0.3) is 0 Å². The zero-order valence-electron chi connectivity index (χ0n) is 15.3. The summed E-state index contributed by atoms with van der Waals surface area (Å²) in [6.07, 6.45) is 7.82. The summed E-state index contributed by atoms with van der Waals surface area (Å²) in [6, 6.07) is 4.32. The van der Waals surface area contributed by atoms with Crippen LogP contribution in [0.2, 0.25) is 0 Å². The largest absolute Gasteiger partial charge is 0.493 e. The van der Waals surface area contributed by atoms with E-state index in [0.717, 1.165) is 49.6 Å². The molecule has 4 atom stereocenters. The van der Waals surface area contributed by atoms with Gasteiger partial charge in [0.1, 0.15) is 6.10 Å². The Kier molecular flexibility index (Phi) is 3.43. The van der Waals surface area contributed by atoms with Gasteiger partial charge in [-0.25, -0.2) is 0 Å². The lowest BCUT2D eigenvalue weighted by Crippen LogP contribution is -2.70. The molecular formula is C21H29NO3. The van der Waals surface area contributed by atoms with Crippen molar-refractivity contribution in [2.45, 2.75) is 75.0 Å². The average molecular weight is 343 g/mol. The van der Waals surface area contributed by atoms with Crippen LogP contribution in [0.4, 0.5) is 0 Å². The second-order valence-electron chi connectivity index (χ2n) is 8.72. The van der Waals surface area contributed by atoms with Crippen molar-refractivity contribution in [3.05, 3.63) is 23.3 Å². The molecule has 1 aromatic carbocycles. The first-order chi connectivity index (χ1) is 12.1. The molecule has 2 N–H and O–H groups in total. The van der Waals surface area contributed by atoms with E-state index in [4.69, 9.17) is 9.47 Å². The third-order valence-electron chi connectivity index (χ3n) is 7.65. The SMILES string of the molecule is COc1ccc2c3c1O[C@@H]1CCC[C@](O)([C@@H](NCC4CCC4)C2)C31C. The van der Waals surface area contributed by atoms with E-state index in [2.05, 4.69) is 18.3 Å². The van der Waals surface area contributed by atoms with E-state index >= 15 is 0 Å². The molecule has 1 unspecified atom stereocenters. The fraction of sp³-hybridized carbons (Fsp3) is 0.714. The molecule has 5 rings (SSSR count). The van der Waals surface area contributed by atoms with Crippen molar-refractivity contribution in [1.29, 1.82) is 0 Å². The van der Waals surface area contributed by atoms with Gasteiger partial charge in [-0.1, -0.05) is 12.5 Å². The van der Waals surface area contributed by atoms with Crippen LogP contribution in [0.1, 0.15) is 56.6 Å². The van der Waals surface area contributed by atoms with E-state index in [1.165, 1.54) is 30.4 Å². The van der Waals surface area contributed by atoms with Crippen LogP contribution < -0.4 is 14.8 Å². The third kappa shape index (κ3) is 1.95. The maximum atomic E-state index is 11.9. The number of aliphatic hydroxyl groups is 1. The van der Waals surface area contributed by atoms with Crippen molar-refractivity contribution < 1.29 is 14.6 Å². The topological polar surface area (TPSA) is 50.7 Å². The summed E-state index contributed by atoms with van der Waals surface area (Å²) in [5.74, 6) is 2.48. The Hall–Kier alpha value is -1.26. The highest BCUT2D eigenvalue weighted by Gasteiger charge is 2.66. The number of rotatable bonds is 4. The zero-order chi connectivity index (χ0) is 17.2. The van der Waals surface area contributed by atoms with Crippen molar-refractivity contribution in [1.82, 2.24) is 5.32 Å². The Balaban J connectivity index is 1.58. The summed E-state index contributed by atoms with van der Waals surface area (Å²) in [5, 5.41) is 15.7. The van der Waals surface area contributed by atoms with Crippen molar-refractivity contribution >= 4 is 0 Å². The van der Waals surface area contributed by atoms with Crippen molar-refractivity contribution in [2.75, 3.05) is 13.7 Å². The molecular weight excluding hydrogens is 314 g/mol. The van der Waals surface area contributed by atoms with Gasteiger partial charge < -0.3 is 19.9 Å². The Morgan fingerprint density at radius 2 is 2.12 bits per heavy atom. The third-order valence-corrected chi connectivity index (χ3v) is 7.65. The van der Waals surface area contributed by atoms with Gasteiger partial charge in [-0.2, -0.15) is 0 Å². The highest BCUT2D eigenvalue weighted by atomic mass is 16.5. The normalized spacial score (nSPS) is 38.7. The first-order valence-electron chi connectivity index (χ1n) is 9.90. The van der Waals surface area contributed by atoms with Crippen LogP contribution in [0.5, 0.6) is 11.5 Å². The number of benzene rings is 1. The second kappa shape index (κ2) is 5.37. The number of methoxy groups -OCH3 is 1. The number of nitrogens with one attached hydrogen (secondary N) is 1. The molecule has 3 aliphatic carbocycles. The van der Waals surface area contributed by atoms with E-state index in [-0.39, 0.29) is 17.6 Å². The van der Waals surface area contributed by atoms with Crippen molar-refractivity contribution in [3.63, 3.8) is 0 Å². The number of ether oxygens (including phenoxy) is 2. The smallest absolute Gasteiger partial charge is 0.165 e. The number of hydrogen-bond acceptors (Lipinski definition) is 4. The molecule has 25 heavy (non-hydrogen) atoms. The molecule has 4 nitrogen and oxygen atoms in total. The predicted octanol–water partition coefficient (Wildman–Crippen LogP) is 2.94. The van der Waals surface area contributed by atoms with Gasteiger partial charge in [0.15, 0.2) is 11.5 Å². The van der Waals surface area contributed by atoms with Gasteiger partial charge in [-0.3, -0.25) is 0 Å². The molecule has 0 radical (unpaired) electrons. The maximum absolute atomic E-state index is 11.9. The summed E-state index contributed by atoms with van der Waals surface area (Å²) in [6.45, 7) is 3.26. The van der Waals surface area contributed by atoms with Gasteiger partial charge in [-0.15, -0.1) is 0 Å². The molecule has 0 saturated heterocycles. The Morgan fingerprint density at radius 3 is 2.84 bits per heavy atom. The molecule has 0 amide bonds. The molecule has 2 saturated carbocycles. The minimum absolute atomic E-state index is 0.0459. The zero-order valence-corrected chi connectivity index (χ0v) is 15.3. The van der Waals surface area contributed by atoms with Crippen LogP contribution >= 0.6 is 0 Å². The summed E-state index contributed by atoms with van der Waals surface area (Å²) in [5.41, 5.74) is 1.43. The summed E-state index contributed by atoms with van der Waals surface area (Å²) >= 11 is 0. The molecule has 4 aliphatic rings. The van der Waals surface area contributed by atoms with Gasteiger partial charge in [0.2, 0.25) is 0 Å². The van der Waals surface area contributed by atoms with Crippen LogP contribution in [0.15, 0.2) is 12.1 Å². The minimum Gasteiger partial charge on any atom is -0.493 e. The van der Waals surface area contributed by atoms with E-state index in [1.54, 1.807) is 7.11 Å². The molecule has 1 heterocycles. The Labute approximate surface area is 149 Å². The molecule has 0 bridgehead atoms. The van der Waals surface area contributed by atoms with Gasteiger partial charge in [0.25, 0.3) is 0 Å². The Morgan fingerprint density at radius 1 is 1.28 bits per heavy atom. The first kappa shape index (κ1) is 16.0. The standard InChI is InChI=1S/C21H29NO3/c1-20-17-7-4-10-21(20,23)16(22-12-13-5-3-6-13)11-14-8-9-15(24-2)19(25-17)18(14)20/h8-9,13,16-17,22-23H,3-7,10-12H2,1-2H3/t16-,17+,20?,21-/m0/s1. The van der Waals surface area contributed by atoms with Crippen molar-refractivity contribution in [2.24, 2.45) is 5.92 Å². The van der Waals surface area contributed by atoms with E-state index in [1.807, 2.05) is 6.07 Å². The van der Waals surface area contributed by atoms with Crippen LogP contribution in [-0.4, -0.2) is 36.5 Å². The lowest BCUT2D eigenvalue weighted by molar-refractivity contribution is -0.125. The molecule has 0 aromatic heterocycles. The van der Waals surface area contributed by atoms with Crippen LogP contribution in [0.3, 0.4) is 0 Å². The molecule has 1 aromatic rings. The number of hydrogen-bond donors (Lipinski definition) is 2. The summed E-state index contributed by atoms with van der Waals surface area (Å²) < 4.78 is 11.9. The highest BCUT2D eigenvalue weighted by Crippen LogP contribution is 2.61. The Bertz CT molecular complexity index is 701.